The fraction of sp³-hybridized carbons (Fsp3) is 0.500. The maximum atomic E-state index is 12.5. The average Bonchev–Trinajstić information content (AvgIpc) is 2.88. The summed E-state index contributed by atoms with van der Waals surface area (Å²) in [5.74, 6) is 0.762. The van der Waals surface area contributed by atoms with E-state index >= 15 is 0 Å². The first-order valence-electron chi connectivity index (χ1n) is 9.41. The minimum absolute atomic E-state index is 0. The Labute approximate surface area is 192 Å². The minimum atomic E-state index is -4.39. The summed E-state index contributed by atoms with van der Waals surface area (Å²) in [5.41, 5.74) is 4.50. The van der Waals surface area contributed by atoms with E-state index in [0.717, 1.165) is 22.5 Å². The van der Waals surface area contributed by atoms with Crippen LogP contribution in [0.1, 0.15) is 35.0 Å². The van der Waals surface area contributed by atoms with Crippen molar-refractivity contribution in [2.75, 3.05) is 13.2 Å². The topological polar surface area (TPSA) is 63.5 Å². The highest BCUT2D eigenvalue weighted by molar-refractivity contribution is 14.0. The molecule has 0 saturated carbocycles. The van der Waals surface area contributed by atoms with Crippen molar-refractivity contribution in [1.82, 2.24) is 20.4 Å². The van der Waals surface area contributed by atoms with Gasteiger partial charge in [-0.05, 0) is 39.3 Å². The third-order valence-corrected chi connectivity index (χ3v) is 4.46. The Morgan fingerprint density at radius 3 is 2.47 bits per heavy atom. The van der Waals surface area contributed by atoms with Crippen LogP contribution in [0.25, 0.3) is 0 Å². The standard InChI is InChI=1S/C20H28F3N5O.HI/c1-6-24-19(26-11-17-14(3)27-28(5)15(17)4)25-10-16-8-7-13(2)9-18(16)29-12-20(21,22)23;/h7-9H,6,10-12H2,1-5H3,(H2,24,25,26);1H. The number of aryl methyl sites for hydroxylation is 3. The molecule has 0 spiro atoms. The Kier molecular flexibility index (Phi) is 9.92. The Morgan fingerprint density at radius 2 is 1.90 bits per heavy atom. The molecule has 6 nitrogen and oxygen atoms in total. The largest absolute Gasteiger partial charge is 0.484 e. The van der Waals surface area contributed by atoms with Crippen LogP contribution in [0.5, 0.6) is 5.75 Å². The summed E-state index contributed by atoms with van der Waals surface area (Å²) in [6, 6.07) is 5.16. The molecule has 1 heterocycles. The van der Waals surface area contributed by atoms with Crippen molar-refractivity contribution in [3.63, 3.8) is 0 Å². The van der Waals surface area contributed by atoms with Gasteiger partial charge in [0.2, 0.25) is 0 Å². The normalized spacial score (nSPS) is 11.8. The number of benzene rings is 1. The molecule has 10 heteroatoms. The molecule has 2 rings (SSSR count). The van der Waals surface area contributed by atoms with E-state index in [0.29, 0.717) is 24.6 Å². The lowest BCUT2D eigenvalue weighted by molar-refractivity contribution is -0.153. The first-order chi connectivity index (χ1) is 13.6. The van der Waals surface area contributed by atoms with E-state index in [2.05, 4.69) is 20.7 Å². The fourth-order valence-electron chi connectivity index (χ4n) is 2.84. The third-order valence-electron chi connectivity index (χ3n) is 4.46. The molecular weight excluding hydrogens is 510 g/mol. The van der Waals surface area contributed by atoms with Gasteiger partial charge >= 0.3 is 6.18 Å². The number of guanidine groups is 1. The lowest BCUT2D eigenvalue weighted by Crippen LogP contribution is -2.37. The van der Waals surface area contributed by atoms with Crippen molar-refractivity contribution in [3.05, 3.63) is 46.3 Å². The van der Waals surface area contributed by atoms with Crippen molar-refractivity contribution in [2.24, 2.45) is 12.0 Å². The van der Waals surface area contributed by atoms with Crippen LogP contribution >= 0.6 is 24.0 Å². The molecular formula is C20H29F3IN5O. The van der Waals surface area contributed by atoms with E-state index in [1.165, 1.54) is 0 Å². The second-order valence-electron chi connectivity index (χ2n) is 6.84. The predicted octanol–water partition coefficient (Wildman–Crippen LogP) is 4.16. The number of halogens is 4. The van der Waals surface area contributed by atoms with E-state index in [1.54, 1.807) is 19.1 Å². The van der Waals surface area contributed by atoms with Crippen molar-refractivity contribution in [3.8, 4) is 5.75 Å². The zero-order valence-electron chi connectivity index (χ0n) is 17.9. The minimum Gasteiger partial charge on any atom is -0.484 e. The first-order valence-corrected chi connectivity index (χ1v) is 9.41. The summed E-state index contributed by atoms with van der Waals surface area (Å²) in [6.45, 7) is 7.76. The molecule has 0 unspecified atom stereocenters. The summed E-state index contributed by atoms with van der Waals surface area (Å²) in [6.07, 6.45) is -4.39. The lowest BCUT2D eigenvalue weighted by atomic mass is 10.1. The molecule has 0 saturated heterocycles. The van der Waals surface area contributed by atoms with E-state index in [-0.39, 0.29) is 36.3 Å². The maximum Gasteiger partial charge on any atom is 0.422 e. The predicted molar refractivity (Wildman–Crippen MR) is 122 cm³/mol. The van der Waals surface area contributed by atoms with Crippen LogP contribution in [-0.4, -0.2) is 35.1 Å². The van der Waals surface area contributed by atoms with Gasteiger partial charge in [-0.25, -0.2) is 4.99 Å². The lowest BCUT2D eigenvalue weighted by Gasteiger charge is -2.14. The summed E-state index contributed by atoms with van der Waals surface area (Å²) >= 11 is 0. The zero-order chi connectivity index (χ0) is 21.6. The Morgan fingerprint density at radius 1 is 1.20 bits per heavy atom. The van der Waals surface area contributed by atoms with Crippen molar-refractivity contribution in [2.45, 2.75) is 47.0 Å². The molecule has 0 aliphatic carbocycles. The van der Waals surface area contributed by atoms with E-state index in [9.17, 15) is 13.2 Å². The fourth-order valence-corrected chi connectivity index (χ4v) is 2.84. The number of ether oxygens (including phenoxy) is 1. The van der Waals surface area contributed by atoms with Gasteiger partial charge in [-0.15, -0.1) is 24.0 Å². The van der Waals surface area contributed by atoms with Crippen molar-refractivity contribution < 1.29 is 17.9 Å². The second-order valence-corrected chi connectivity index (χ2v) is 6.84. The summed E-state index contributed by atoms with van der Waals surface area (Å²) in [7, 11) is 1.89. The summed E-state index contributed by atoms with van der Waals surface area (Å²) < 4.78 is 44.4. The molecule has 0 aliphatic heterocycles. The highest BCUT2D eigenvalue weighted by Crippen LogP contribution is 2.24. The third kappa shape index (κ3) is 7.69. The molecule has 0 aliphatic rings. The Balaban J connectivity index is 0.00000450. The summed E-state index contributed by atoms with van der Waals surface area (Å²) in [5, 5.41) is 10.8. The molecule has 2 N–H and O–H groups in total. The molecule has 30 heavy (non-hydrogen) atoms. The second kappa shape index (κ2) is 11.4. The molecule has 0 fully saturated rings. The van der Waals surface area contributed by atoms with Gasteiger partial charge in [0.1, 0.15) is 5.75 Å². The number of aliphatic imine (C=N–C) groups is 1. The molecule has 2 aromatic rings. The number of hydrogen-bond acceptors (Lipinski definition) is 3. The van der Waals surface area contributed by atoms with Gasteiger partial charge in [-0.3, -0.25) is 4.68 Å². The van der Waals surface area contributed by atoms with Crippen molar-refractivity contribution in [1.29, 1.82) is 0 Å². The molecule has 0 bridgehead atoms. The zero-order valence-corrected chi connectivity index (χ0v) is 20.2. The Hall–Kier alpha value is -1.98. The van der Waals surface area contributed by atoms with E-state index in [4.69, 9.17) is 4.74 Å². The van der Waals surface area contributed by atoms with Crippen LogP contribution in [-0.2, 0) is 20.1 Å². The van der Waals surface area contributed by atoms with Crippen LogP contribution in [0.3, 0.4) is 0 Å². The van der Waals surface area contributed by atoms with Gasteiger partial charge in [0.25, 0.3) is 0 Å². The molecule has 0 amide bonds. The van der Waals surface area contributed by atoms with E-state index in [1.807, 2.05) is 38.6 Å². The molecule has 0 atom stereocenters. The monoisotopic (exact) mass is 539 g/mol. The van der Waals surface area contributed by atoms with Crippen LogP contribution in [0.2, 0.25) is 0 Å². The first kappa shape index (κ1) is 26.1. The molecule has 168 valence electrons. The van der Waals surface area contributed by atoms with Gasteiger partial charge in [-0.2, -0.15) is 18.3 Å². The van der Waals surface area contributed by atoms with Crippen LogP contribution in [0.4, 0.5) is 13.2 Å². The Bertz CT molecular complexity index is 865. The van der Waals surface area contributed by atoms with Gasteiger partial charge in [0.05, 0.1) is 12.2 Å². The van der Waals surface area contributed by atoms with Crippen LogP contribution in [0.15, 0.2) is 23.2 Å². The number of aromatic nitrogens is 2. The number of alkyl halides is 3. The van der Waals surface area contributed by atoms with E-state index < -0.39 is 12.8 Å². The maximum absolute atomic E-state index is 12.5. The number of nitrogens with one attached hydrogen (secondary N) is 2. The molecule has 0 radical (unpaired) electrons. The summed E-state index contributed by atoms with van der Waals surface area (Å²) in [4.78, 5) is 4.51. The van der Waals surface area contributed by atoms with Crippen molar-refractivity contribution >= 4 is 29.9 Å². The highest BCUT2D eigenvalue weighted by Gasteiger charge is 2.28. The van der Waals surface area contributed by atoms with Gasteiger partial charge < -0.3 is 15.4 Å². The van der Waals surface area contributed by atoms with Gasteiger partial charge in [0.15, 0.2) is 12.6 Å². The smallest absolute Gasteiger partial charge is 0.422 e. The molecule has 1 aromatic carbocycles. The highest BCUT2D eigenvalue weighted by atomic mass is 127. The average molecular weight is 539 g/mol. The van der Waals surface area contributed by atoms with Crippen LogP contribution < -0.4 is 15.4 Å². The number of hydrogen-bond donors (Lipinski definition) is 2. The van der Waals surface area contributed by atoms with Gasteiger partial charge in [-0.1, -0.05) is 12.1 Å². The number of nitrogens with zero attached hydrogens (tertiary/aromatic N) is 3. The number of rotatable bonds is 7. The van der Waals surface area contributed by atoms with Crippen LogP contribution in [0, 0.1) is 20.8 Å². The van der Waals surface area contributed by atoms with Gasteiger partial charge in [0, 0.05) is 37.0 Å². The SMILES string of the molecule is CCNC(=NCc1ccc(C)cc1OCC(F)(F)F)NCc1c(C)nn(C)c1C.I. The molecule has 1 aromatic heterocycles. The quantitative estimate of drug-likeness (QED) is 0.315.